The highest BCUT2D eigenvalue weighted by molar-refractivity contribution is 6.31. The van der Waals surface area contributed by atoms with E-state index in [0.29, 0.717) is 18.2 Å². The number of benzene rings is 3. The number of hydrogen-bond acceptors (Lipinski definition) is 4. The number of alkyl halides is 6. The number of hydrogen-bond donors (Lipinski definition) is 3. The third-order valence-corrected chi connectivity index (χ3v) is 5.02. The van der Waals surface area contributed by atoms with Crippen LogP contribution < -0.4 is 15.5 Å². The van der Waals surface area contributed by atoms with Crippen molar-refractivity contribution in [3.05, 3.63) is 87.2 Å². The highest BCUT2D eigenvalue weighted by Gasteiger charge is 2.38. The summed E-state index contributed by atoms with van der Waals surface area (Å²) in [6.45, 7) is 0. The topological polar surface area (TPSA) is 87.7 Å². The average Bonchev–Trinajstić information content (AvgIpc) is 2.81. The molecule has 0 saturated heterocycles. The maximum absolute atomic E-state index is 14.9. The van der Waals surface area contributed by atoms with Crippen LogP contribution in [-0.2, 0) is 12.4 Å². The Labute approximate surface area is 210 Å². The Hall–Kier alpha value is -3.98. The van der Waals surface area contributed by atoms with Crippen LogP contribution in [0.15, 0.2) is 42.5 Å². The minimum atomic E-state index is -5.36. The highest BCUT2D eigenvalue weighted by atomic mass is 35.5. The van der Waals surface area contributed by atoms with Crippen molar-refractivity contribution in [2.75, 3.05) is 5.32 Å². The van der Waals surface area contributed by atoms with Gasteiger partial charge in [-0.15, -0.1) is 0 Å². The predicted octanol–water partition coefficient (Wildman–Crippen LogP) is 6.96. The molecule has 0 bridgehead atoms. The fraction of sp³-hybridized carbons (Fsp3) is 0.0909. The molecular weight excluding hydrogens is 563 g/mol. The minimum absolute atomic E-state index is 0.0816. The Kier molecular flexibility index (Phi) is 7.83. The molecular formula is C22H10ClF9N2O4. The number of nitrogens with one attached hydrogen (secondary N) is 2. The first-order valence-corrected chi connectivity index (χ1v) is 10.1. The van der Waals surface area contributed by atoms with Crippen LogP contribution in [0.5, 0.6) is 11.5 Å². The van der Waals surface area contributed by atoms with Crippen LogP contribution in [0.4, 0.5) is 45.2 Å². The average molecular weight is 573 g/mol. The lowest BCUT2D eigenvalue weighted by Crippen LogP contribution is -2.21. The van der Waals surface area contributed by atoms with Gasteiger partial charge in [-0.3, -0.25) is 14.8 Å². The molecule has 2 amide bonds. The van der Waals surface area contributed by atoms with Crippen LogP contribution in [0.1, 0.15) is 31.8 Å². The van der Waals surface area contributed by atoms with Crippen molar-refractivity contribution < 1.29 is 59.0 Å². The van der Waals surface area contributed by atoms with Gasteiger partial charge in [-0.1, -0.05) is 11.6 Å². The Morgan fingerprint density at radius 2 is 1.47 bits per heavy atom. The van der Waals surface area contributed by atoms with Crippen molar-refractivity contribution >= 4 is 29.1 Å². The van der Waals surface area contributed by atoms with Gasteiger partial charge in [0.2, 0.25) is 0 Å². The van der Waals surface area contributed by atoms with Crippen molar-refractivity contribution in [2.45, 2.75) is 12.4 Å². The lowest BCUT2D eigenvalue weighted by Gasteiger charge is -2.17. The summed E-state index contributed by atoms with van der Waals surface area (Å²) in [5.41, 5.74) is -5.28. The van der Waals surface area contributed by atoms with Crippen LogP contribution in [0.3, 0.4) is 0 Å². The Morgan fingerprint density at radius 1 is 0.816 bits per heavy atom. The standard InChI is InChI=1S/C22H10ClF9N2O4/c23-12-5-8(21(27,28)29)6-15(18(12)26)38-14-4-2-11(22(30,31)32)17(25)16(14)20(36)33-9-1-3-13(24)10(7-9)19(35)34-37/h1-7,37H,(H,33,36)(H,34,35). The van der Waals surface area contributed by atoms with E-state index in [-0.39, 0.29) is 18.2 Å². The summed E-state index contributed by atoms with van der Waals surface area (Å²) in [6, 6.07) is 2.76. The summed E-state index contributed by atoms with van der Waals surface area (Å²) in [5.74, 6) is -10.6. The molecule has 0 aromatic heterocycles. The van der Waals surface area contributed by atoms with Gasteiger partial charge in [-0.05, 0) is 42.5 Å². The first-order chi connectivity index (χ1) is 17.5. The largest absolute Gasteiger partial charge is 0.453 e. The molecule has 0 saturated carbocycles. The van der Waals surface area contributed by atoms with Crippen molar-refractivity contribution in [2.24, 2.45) is 0 Å². The fourth-order valence-electron chi connectivity index (χ4n) is 3.02. The van der Waals surface area contributed by atoms with E-state index < -0.39 is 86.1 Å². The van der Waals surface area contributed by atoms with Gasteiger partial charge in [0.1, 0.15) is 17.1 Å². The van der Waals surface area contributed by atoms with E-state index >= 15 is 0 Å². The number of anilines is 1. The van der Waals surface area contributed by atoms with Gasteiger partial charge >= 0.3 is 12.4 Å². The molecule has 38 heavy (non-hydrogen) atoms. The maximum atomic E-state index is 14.9. The number of amides is 2. The molecule has 3 N–H and O–H groups in total. The van der Waals surface area contributed by atoms with Crippen LogP contribution in [-0.4, -0.2) is 17.0 Å². The number of halogens is 10. The van der Waals surface area contributed by atoms with Crippen LogP contribution in [0.25, 0.3) is 0 Å². The maximum Gasteiger partial charge on any atom is 0.419 e. The molecule has 3 rings (SSSR count). The fourth-order valence-corrected chi connectivity index (χ4v) is 3.24. The Balaban J connectivity index is 2.13. The zero-order valence-corrected chi connectivity index (χ0v) is 18.7. The first kappa shape index (κ1) is 28.6. The van der Waals surface area contributed by atoms with Gasteiger partial charge in [-0.2, -0.15) is 26.3 Å². The van der Waals surface area contributed by atoms with Crippen molar-refractivity contribution in [1.82, 2.24) is 5.48 Å². The van der Waals surface area contributed by atoms with E-state index in [9.17, 15) is 49.1 Å². The normalized spacial score (nSPS) is 11.8. The molecule has 0 spiro atoms. The van der Waals surface area contributed by atoms with E-state index in [1.54, 1.807) is 0 Å². The monoisotopic (exact) mass is 572 g/mol. The molecule has 0 heterocycles. The summed E-state index contributed by atoms with van der Waals surface area (Å²) in [4.78, 5) is 24.3. The highest BCUT2D eigenvalue weighted by Crippen LogP contribution is 2.41. The zero-order chi connectivity index (χ0) is 28.6. The quantitative estimate of drug-likeness (QED) is 0.175. The molecule has 6 nitrogen and oxygen atoms in total. The number of hydroxylamine groups is 1. The second-order valence-electron chi connectivity index (χ2n) is 7.26. The van der Waals surface area contributed by atoms with E-state index in [4.69, 9.17) is 21.5 Å². The lowest BCUT2D eigenvalue weighted by atomic mass is 10.1. The zero-order valence-electron chi connectivity index (χ0n) is 18.0. The molecule has 0 aliphatic rings. The van der Waals surface area contributed by atoms with Gasteiger partial charge in [-0.25, -0.2) is 18.7 Å². The van der Waals surface area contributed by atoms with Gasteiger partial charge in [0.25, 0.3) is 11.8 Å². The smallest absolute Gasteiger partial charge is 0.419 e. The first-order valence-electron chi connectivity index (χ1n) is 9.73. The SMILES string of the molecule is O=C(NO)c1cc(NC(=O)c2c(Oc3cc(C(F)(F)F)cc(Cl)c3F)ccc(C(F)(F)F)c2F)ccc1F. The molecule has 3 aromatic rings. The Bertz CT molecular complexity index is 1430. The van der Waals surface area contributed by atoms with E-state index in [0.717, 1.165) is 11.5 Å². The van der Waals surface area contributed by atoms with Crippen LogP contribution >= 0.6 is 11.6 Å². The van der Waals surface area contributed by atoms with E-state index in [2.05, 4.69) is 0 Å². The van der Waals surface area contributed by atoms with Crippen molar-refractivity contribution in [1.29, 1.82) is 0 Å². The van der Waals surface area contributed by atoms with Crippen molar-refractivity contribution in [3.63, 3.8) is 0 Å². The molecule has 0 unspecified atom stereocenters. The second kappa shape index (κ2) is 10.4. The molecule has 202 valence electrons. The van der Waals surface area contributed by atoms with E-state index in [1.807, 2.05) is 5.32 Å². The number of ether oxygens (including phenoxy) is 1. The molecule has 0 fully saturated rings. The molecule has 3 aromatic carbocycles. The third kappa shape index (κ3) is 5.94. The number of carbonyl (C=O) groups is 2. The van der Waals surface area contributed by atoms with Crippen molar-refractivity contribution in [3.8, 4) is 11.5 Å². The Morgan fingerprint density at radius 3 is 2.05 bits per heavy atom. The lowest BCUT2D eigenvalue weighted by molar-refractivity contribution is -0.140. The number of carbonyl (C=O) groups excluding carboxylic acids is 2. The van der Waals surface area contributed by atoms with Crippen LogP contribution in [0.2, 0.25) is 5.02 Å². The van der Waals surface area contributed by atoms with Gasteiger partial charge in [0.05, 0.1) is 21.7 Å². The summed E-state index contributed by atoms with van der Waals surface area (Å²) in [6.07, 6.45) is -10.4. The minimum Gasteiger partial charge on any atom is -0.453 e. The second-order valence-corrected chi connectivity index (χ2v) is 7.66. The van der Waals surface area contributed by atoms with Gasteiger partial charge in [0, 0.05) is 5.69 Å². The van der Waals surface area contributed by atoms with Crippen LogP contribution in [0, 0.1) is 17.5 Å². The molecule has 0 aliphatic carbocycles. The van der Waals surface area contributed by atoms with Gasteiger partial charge < -0.3 is 10.1 Å². The third-order valence-electron chi connectivity index (χ3n) is 4.75. The van der Waals surface area contributed by atoms with E-state index in [1.165, 1.54) is 0 Å². The molecule has 0 radical (unpaired) electrons. The predicted molar refractivity (Wildman–Crippen MR) is 111 cm³/mol. The number of rotatable bonds is 5. The summed E-state index contributed by atoms with van der Waals surface area (Å²) in [5, 5.41) is 9.41. The summed E-state index contributed by atoms with van der Waals surface area (Å²) in [7, 11) is 0. The summed E-state index contributed by atoms with van der Waals surface area (Å²) >= 11 is 5.44. The molecule has 0 atom stereocenters. The molecule has 16 heteroatoms. The molecule has 0 aliphatic heterocycles. The summed E-state index contributed by atoms with van der Waals surface area (Å²) < 4.78 is 127. The van der Waals surface area contributed by atoms with Gasteiger partial charge in [0.15, 0.2) is 17.4 Å².